The van der Waals surface area contributed by atoms with E-state index in [2.05, 4.69) is 15.9 Å². The number of benzene rings is 1. The zero-order chi connectivity index (χ0) is 9.84. The molecule has 0 fully saturated rings. The van der Waals surface area contributed by atoms with E-state index in [1.54, 1.807) is 6.92 Å². The number of Topliss-reactive ketones (excluding diaryl/α,β-unsaturated/α-hetero) is 1. The van der Waals surface area contributed by atoms with Crippen LogP contribution in [0.15, 0.2) is 24.3 Å². The van der Waals surface area contributed by atoms with E-state index in [0.717, 1.165) is 5.56 Å². The molecule has 1 unspecified atom stereocenters. The lowest BCUT2D eigenvalue weighted by Crippen LogP contribution is -1.97. The monoisotopic (exact) mass is 260 g/mol. The van der Waals surface area contributed by atoms with Gasteiger partial charge in [0, 0.05) is 16.3 Å². The van der Waals surface area contributed by atoms with Crippen LogP contribution in [0.2, 0.25) is 5.02 Å². The van der Waals surface area contributed by atoms with Crippen molar-refractivity contribution in [2.45, 2.75) is 18.2 Å². The van der Waals surface area contributed by atoms with E-state index < -0.39 is 0 Å². The fourth-order valence-electron chi connectivity index (χ4n) is 1.04. The maximum Gasteiger partial charge on any atom is 0.131 e. The molecule has 1 rings (SSSR count). The summed E-state index contributed by atoms with van der Waals surface area (Å²) in [6.07, 6.45) is 0.516. The lowest BCUT2D eigenvalue weighted by Gasteiger charge is -2.07. The van der Waals surface area contributed by atoms with Crippen LogP contribution in [0.1, 0.15) is 23.7 Å². The summed E-state index contributed by atoms with van der Waals surface area (Å²) in [7, 11) is 0. The molecule has 0 heterocycles. The summed E-state index contributed by atoms with van der Waals surface area (Å²) >= 11 is 9.19. The van der Waals surface area contributed by atoms with Gasteiger partial charge in [-0.1, -0.05) is 39.7 Å². The first-order chi connectivity index (χ1) is 6.09. The minimum atomic E-state index is 0.0993. The Labute approximate surface area is 91.2 Å². The van der Waals surface area contributed by atoms with Gasteiger partial charge in [0.15, 0.2) is 0 Å². The molecule has 0 aliphatic rings. The molecule has 1 aromatic rings. The Morgan fingerprint density at radius 3 is 2.46 bits per heavy atom. The van der Waals surface area contributed by atoms with Crippen molar-refractivity contribution < 1.29 is 4.79 Å². The van der Waals surface area contributed by atoms with Gasteiger partial charge in [0.05, 0.1) is 0 Å². The van der Waals surface area contributed by atoms with Crippen molar-refractivity contribution >= 4 is 33.3 Å². The second-order valence-electron chi connectivity index (χ2n) is 2.93. The summed E-state index contributed by atoms with van der Waals surface area (Å²) in [6.45, 7) is 1.59. The molecule has 0 amide bonds. The first-order valence-corrected chi connectivity index (χ1v) is 5.28. The van der Waals surface area contributed by atoms with Crippen molar-refractivity contribution in [3.05, 3.63) is 34.9 Å². The number of alkyl halides is 1. The van der Waals surface area contributed by atoms with Gasteiger partial charge < -0.3 is 0 Å². The molecule has 0 saturated carbocycles. The van der Waals surface area contributed by atoms with Gasteiger partial charge in [-0.2, -0.15) is 0 Å². The van der Waals surface area contributed by atoms with Gasteiger partial charge in [0.1, 0.15) is 5.78 Å². The highest BCUT2D eigenvalue weighted by Crippen LogP contribution is 2.27. The van der Waals surface area contributed by atoms with E-state index >= 15 is 0 Å². The number of hydrogen-bond donors (Lipinski definition) is 0. The molecule has 70 valence electrons. The van der Waals surface area contributed by atoms with Crippen LogP contribution in [0.4, 0.5) is 0 Å². The third kappa shape index (κ3) is 3.49. The SMILES string of the molecule is CC(=O)CC(Br)c1ccc(Cl)cc1. The van der Waals surface area contributed by atoms with Crippen LogP contribution in [0, 0.1) is 0 Å². The van der Waals surface area contributed by atoms with Crippen LogP contribution in [0.5, 0.6) is 0 Å². The Hall–Kier alpha value is -0.340. The Kier molecular flexibility index (Phi) is 3.94. The predicted octanol–water partition coefficient (Wildman–Crippen LogP) is 3.76. The third-order valence-electron chi connectivity index (χ3n) is 1.70. The molecule has 0 aliphatic heterocycles. The first-order valence-electron chi connectivity index (χ1n) is 3.98. The zero-order valence-corrected chi connectivity index (χ0v) is 9.60. The number of halogens is 2. The molecular weight excluding hydrogens is 251 g/mol. The van der Waals surface area contributed by atoms with Crippen LogP contribution in [0.25, 0.3) is 0 Å². The quantitative estimate of drug-likeness (QED) is 0.757. The molecule has 0 bridgehead atoms. The van der Waals surface area contributed by atoms with E-state index in [1.807, 2.05) is 24.3 Å². The highest BCUT2D eigenvalue weighted by atomic mass is 79.9. The minimum absolute atomic E-state index is 0.0993. The Morgan fingerprint density at radius 2 is 2.00 bits per heavy atom. The van der Waals surface area contributed by atoms with Gasteiger partial charge in [0.2, 0.25) is 0 Å². The number of ketones is 1. The third-order valence-corrected chi connectivity index (χ3v) is 2.80. The standard InChI is InChI=1S/C10H10BrClO/c1-7(13)6-10(11)8-2-4-9(12)5-3-8/h2-5,10H,6H2,1H3. The molecule has 0 radical (unpaired) electrons. The maximum atomic E-state index is 10.8. The van der Waals surface area contributed by atoms with Gasteiger partial charge in [-0.05, 0) is 24.6 Å². The van der Waals surface area contributed by atoms with E-state index in [0.29, 0.717) is 11.4 Å². The van der Waals surface area contributed by atoms with Gasteiger partial charge in [-0.3, -0.25) is 4.79 Å². The molecule has 3 heteroatoms. The van der Waals surface area contributed by atoms with Crippen LogP contribution < -0.4 is 0 Å². The van der Waals surface area contributed by atoms with Gasteiger partial charge in [-0.15, -0.1) is 0 Å². The molecule has 0 aliphatic carbocycles. The van der Waals surface area contributed by atoms with Crippen LogP contribution >= 0.6 is 27.5 Å². The number of carbonyl (C=O) groups excluding carboxylic acids is 1. The number of rotatable bonds is 3. The van der Waals surface area contributed by atoms with Crippen molar-refractivity contribution in [3.8, 4) is 0 Å². The second kappa shape index (κ2) is 4.77. The summed E-state index contributed by atoms with van der Waals surface area (Å²) in [4.78, 5) is 10.9. The van der Waals surface area contributed by atoms with Crippen LogP contribution in [0.3, 0.4) is 0 Å². The molecular formula is C10H10BrClO. The predicted molar refractivity (Wildman–Crippen MR) is 58.4 cm³/mol. The minimum Gasteiger partial charge on any atom is -0.300 e. The highest BCUT2D eigenvalue weighted by Gasteiger charge is 2.09. The number of carbonyl (C=O) groups is 1. The Morgan fingerprint density at radius 1 is 1.46 bits per heavy atom. The van der Waals surface area contributed by atoms with Gasteiger partial charge in [-0.25, -0.2) is 0 Å². The second-order valence-corrected chi connectivity index (χ2v) is 4.47. The van der Waals surface area contributed by atoms with Crippen molar-refractivity contribution in [2.75, 3.05) is 0 Å². The van der Waals surface area contributed by atoms with Crippen molar-refractivity contribution in [1.82, 2.24) is 0 Å². The molecule has 13 heavy (non-hydrogen) atoms. The van der Waals surface area contributed by atoms with Crippen molar-refractivity contribution in [3.63, 3.8) is 0 Å². The highest BCUT2D eigenvalue weighted by molar-refractivity contribution is 9.09. The lowest BCUT2D eigenvalue weighted by molar-refractivity contribution is -0.116. The summed E-state index contributed by atoms with van der Waals surface area (Å²) < 4.78 is 0. The normalized spacial score (nSPS) is 12.5. The van der Waals surface area contributed by atoms with Crippen LogP contribution in [-0.4, -0.2) is 5.78 Å². The summed E-state index contributed by atoms with van der Waals surface area (Å²) in [5, 5.41) is 0.714. The fourth-order valence-corrected chi connectivity index (χ4v) is 1.93. The fraction of sp³-hybridized carbons (Fsp3) is 0.300. The van der Waals surface area contributed by atoms with Crippen molar-refractivity contribution in [1.29, 1.82) is 0 Å². The number of hydrogen-bond acceptors (Lipinski definition) is 1. The maximum absolute atomic E-state index is 10.8. The topological polar surface area (TPSA) is 17.1 Å². The average molecular weight is 262 g/mol. The van der Waals surface area contributed by atoms with E-state index in [9.17, 15) is 4.79 Å². The average Bonchev–Trinajstić information content (AvgIpc) is 2.04. The lowest BCUT2D eigenvalue weighted by atomic mass is 10.1. The molecule has 1 atom stereocenters. The first kappa shape index (κ1) is 10.7. The van der Waals surface area contributed by atoms with E-state index in [1.165, 1.54) is 0 Å². The molecule has 0 N–H and O–H groups in total. The molecule has 1 aromatic carbocycles. The van der Waals surface area contributed by atoms with E-state index in [4.69, 9.17) is 11.6 Å². The van der Waals surface area contributed by atoms with Gasteiger partial charge in [0.25, 0.3) is 0 Å². The van der Waals surface area contributed by atoms with Crippen molar-refractivity contribution in [2.24, 2.45) is 0 Å². The summed E-state index contributed by atoms with van der Waals surface area (Å²) in [6, 6.07) is 7.49. The Bertz CT molecular complexity index is 294. The molecule has 0 aromatic heterocycles. The smallest absolute Gasteiger partial charge is 0.131 e. The Balaban J connectivity index is 2.71. The largest absolute Gasteiger partial charge is 0.300 e. The summed E-state index contributed by atoms with van der Waals surface area (Å²) in [5.74, 6) is 0.178. The molecule has 1 nitrogen and oxygen atoms in total. The zero-order valence-electron chi connectivity index (χ0n) is 7.26. The molecule has 0 saturated heterocycles. The van der Waals surface area contributed by atoms with Gasteiger partial charge >= 0.3 is 0 Å². The van der Waals surface area contributed by atoms with Crippen LogP contribution in [-0.2, 0) is 4.79 Å². The van der Waals surface area contributed by atoms with E-state index in [-0.39, 0.29) is 10.6 Å². The molecule has 0 spiro atoms. The summed E-state index contributed by atoms with van der Waals surface area (Å²) in [5.41, 5.74) is 1.08.